The van der Waals surface area contributed by atoms with Crippen molar-refractivity contribution in [1.29, 1.82) is 0 Å². The Morgan fingerprint density at radius 3 is 2.50 bits per heavy atom. The van der Waals surface area contributed by atoms with Gasteiger partial charge in [0.2, 0.25) is 5.91 Å². The summed E-state index contributed by atoms with van der Waals surface area (Å²) in [4.78, 5) is 27.7. The first-order valence-corrected chi connectivity index (χ1v) is 10.9. The van der Waals surface area contributed by atoms with E-state index in [2.05, 4.69) is 0 Å². The van der Waals surface area contributed by atoms with Gasteiger partial charge in [-0.1, -0.05) is 47.5 Å². The number of rotatable bonds is 6. The van der Waals surface area contributed by atoms with Gasteiger partial charge in [-0.15, -0.1) is 0 Å². The lowest BCUT2D eigenvalue weighted by molar-refractivity contribution is -0.174. The summed E-state index contributed by atoms with van der Waals surface area (Å²) in [7, 11) is 0. The molecule has 1 heterocycles. The van der Waals surface area contributed by atoms with E-state index in [-0.39, 0.29) is 31.0 Å². The lowest BCUT2D eigenvalue weighted by Crippen LogP contribution is -2.54. The summed E-state index contributed by atoms with van der Waals surface area (Å²) in [5.41, 5.74) is 1.69. The summed E-state index contributed by atoms with van der Waals surface area (Å²) in [6, 6.07) is 13.6. The van der Waals surface area contributed by atoms with Crippen LogP contribution < -0.4 is 0 Å². The minimum Gasteiger partial charge on any atom is -0.464 e. The fourth-order valence-corrected chi connectivity index (χ4v) is 4.41. The Kier molecular flexibility index (Phi) is 6.32. The lowest BCUT2D eigenvalue weighted by atomic mass is 9.90. The minimum atomic E-state index is -0.635. The minimum absolute atomic E-state index is 0.0981. The highest BCUT2D eigenvalue weighted by molar-refractivity contribution is 6.30. The first-order valence-electron chi connectivity index (χ1n) is 10.1. The summed E-state index contributed by atoms with van der Waals surface area (Å²) in [6.45, 7) is 1.93. The van der Waals surface area contributed by atoms with Crippen LogP contribution in [0.1, 0.15) is 43.0 Å². The molecule has 158 valence electrons. The summed E-state index contributed by atoms with van der Waals surface area (Å²) in [5.74, 6) is -0.488. The Morgan fingerprint density at radius 2 is 1.87 bits per heavy atom. The largest absolute Gasteiger partial charge is 0.464 e. The smallest absolute Gasteiger partial charge is 0.329 e. The molecule has 4 rings (SSSR count). The quantitative estimate of drug-likeness (QED) is 0.586. The van der Waals surface area contributed by atoms with Gasteiger partial charge in [0, 0.05) is 10.0 Å². The third-order valence-corrected chi connectivity index (χ3v) is 6.03. The normalized spacial score (nSPS) is 22.6. The number of halogens is 2. The molecule has 0 radical (unpaired) electrons. The number of hydrogen-bond acceptors (Lipinski definition) is 4. The van der Waals surface area contributed by atoms with Crippen LogP contribution in [0.3, 0.4) is 0 Å². The van der Waals surface area contributed by atoms with Crippen molar-refractivity contribution < 1.29 is 19.1 Å². The standard InChI is InChI=1S/C23H23Cl2NO4/c1-2-29-23(28)21(15-6-7-15)26-19(27)13-30-22(16-4-3-5-18(25)12-16)20(26)14-8-10-17(24)11-9-14/h3-5,8-12,15,20-22H,2,6-7,13H2,1H3/t20-,21?,22-/m1/s1. The van der Waals surface area contributed by atoms with Gasteiger partial charge in [0.15, 0.2) is 0 Å². The van der Waals surface area contributed by atoms with Crippen molar-refractivity contribution in [2.45, 2.75) is 38.0 Å². The van der Waals surface area contributed by atoms with Crippen LogP contribution in [0.5, 0.6) is 0 Å². The Labute approximate surface area is 185 Å². The number of morpholine rings is 1. The highest BCUT2D eigenvalue weighted by Crippen LogP contribution is 2.46. The molecule has 30 heavy (non-hydrogen) atoms. The van der Waals surface area contributed by atoms with E-state index < -0.39 is 18.2 Å². The van der Waals surface area contributed by atoms with Gasteiger partial charge in [0.1, 0.15) is 18.8 Å². The Morgan fingerprint density at radius 1 is 1.13 bits per heavy atom. The highest BCUT2D eigenvalue weighted by atomic mass is 35.5. The third-order valence-electron chi connectivity index (χ3n) is 5.55. The van der Waals surface area contributed by atoms with Crippen LogP contribution in [0.2, 0.25) is 10.0 Å². The average Bonchev–Trinajstić information content (AvgIpc) is 3.55. The molecule has 1 amide bonds. The zero-order chi connectivity index (χ0) is 21.3. The predicted molar refractivity (Wildman–Crippen MR) is 114 cm³/mol. The molecule has 2 fully saturated rings. The van der Waals surface area contributed by atoms with E-state index in [0.29, 0.717) is 10.0 Å². The van der Waals surface area contributed by atoms with Crippen molar-refractivity contribution in [1.82, 2.24) is 4.90 Å². The molecule has 0 aromatic heterocycles. The second-order valence-electron chi connectivity index (χ2n) is 7.62. The number of amides is 1. The first kappa shape index (κ1) is 21.2. The molecule has 1 aliphatic carbocycles. The number of carbonyl (C=O) groups is 2. The molecule has 1 aliphatic heterocycles. The summed E-state index contributed by atoms with van der Waals surface area (Å²) in [6.07, 6.45) is 1.31. The summed E-state index contributed by atoms with van der Waals surface area (Å²) >= 11 is 12.3. The van der Waals surface area contributed by atoms with Gasteiger partial charge in [-0.25, -0.2) is 4.79 Å². The van der Waals surface area contributed by atoms with E-state index in [1.807, 2.05) is 30.3 Å². The third kappa shape index (κ3) is 4.34. The number of carbonyl (C=O) groups excluding carboxylic acids is 2. The molecule has 2 aromatic carbocycles. The lowest BCUT2D eigenvalue weighted by Gasteiger charge is -2.44. The second-order valence-corrected chi connectivity index (χ2v) is 8.49. The molecule has 2 aromatic rings. The highest BCUT2D eigenvalue weighted by Gasteiger charge is 2.50. The van der Waals surface area contributed by atoms with Crippen LogP contribution in [-0.4, -0.2) is 36.0 Å². The van der Waals surface area contributed by atoms with Crippen molar-refractivity contribution in [3.8, 4) is 0 Å². The molecule has 7 heteroatoms. The van der Waals surface area contributed by atoms with Gasteiger partial charge in [-0.3, -0.25) is 4.79 Å². The Hall–Kier alpha value is -2.08. The maximum atomic E-state index is 13.1. The summed E-state index contributed by atoms with van der Waals surface area (Å²) in [5, 5.41) is 1.18. The maximum Gasteiger partial charge on any atom is 0.329 e. The van der Waals surface area contributed by atoms with E-state index in [1.54, 1.807) is 30.0 Å². The Balaban J connectivity index is 1.81. The molecule has 3 atom stereocenters. The average molecular weight is 448 g/mol. The molecule has 0 bridgehead atoms. The van der Waals surface area contributed by atoms with E-state index in [9.17, 15) is 9.59 Å². The number of benzene rings is 2. The van der Waals surface area contributed by atoms with Gasteiger partial charge in [0.05, 0.1) is 12.6 Å². The van der Waals surface area contributed by atoms with Crippen LogP contribution in [0.4, 0.5) is 0 Å². The van der Waals surface area contributed by atoms with Gasteiger partial charge < -0.3 is 14.4 Å². The zero-order valence-corrected chi connectivity index (χ0v) is 18.1. The van der Waals surface area contributed by atoms with Crippen molar-refractivity contribution in [2.24, 2.45) is 5.92 Å². The predicted octanol–water partition coefficient (Wildman–Crippen LogP) is 4.98. The molecule has 5 nitrogen and oxygen atoms in total. The first-order chi connectivity index (χ1) is 14.5. The number of esters is 1. The van der Waals surface area contributed by atoms with Crippen LogP contribution in [-0.2, 0) is 19.1 Å². The molecule has 1 saturated heterocycles. The van der Waals surface area contributed by atoms with Crippen LogP contribution in [0, 0.1) is 5.92 Å². The molecule has 1 saturated carbocycles. The van der Waals surface area contributed by atoms with Crippen molar-refractivity contribution in [3.63, 3.8) is 0 Å². The maximum absolute atomic E-state index is 13.1. The van der Waals surface area contributed by atoms with Crippen molar-refractivity contribution >= 4 is 35.1 Å². The fourth-order valence-electron chi connectivity index (χ4n) is 4.09. The zero-order valence-electron chi connectivity index (χ0n) is 16.6. The van der Waals surface area contributed by atoms with Gasteiger partial charge in [-0.2, -0.15) is 0 Å². The van der Waals surface area contributed by atoms with E-state index in [4.69, 9.17) is 32.7 Å². The topological polar surface area (TPSA) is 55.8 Å². The number of ether oxygens (including phenoxy) is 2. The molecule has 0 spiro atoms. The SMILES string of the molecule is CCOC(=O)C(C1CC1)N1C(=O)CO[C@H](c2cccc(Cl)c2)[C@H]1c1ccc(Cl)cc1. The second kappa shape index (κ2) is 8.96. The van der Waals surface area contributed by atoms with Gasteiger partial charge >= 0.3 is 5.97 Å². The van der Waals surface area contributed by atoms with Crippen LogP contribution in [0.15, 0.2) is 48.5 Å². The van der Waals surface area contributed by atoms with E-state index in [1.165, 1.54) is 0 Å². The molecule has 0 N–H and O–H groups in total. The van der Waals surface area contributed by atoms with Gasteiger partial charge in [0.25, 0.3) is 0 Å². The summed E-state index contributed by atoms with van der Waals surface area (Å²) < 4.78 is 11.4. The molecular formula is C23H23Cl2NO4. The van der Waals surface area contributed by atoms with E-state index in [0.717, 1.165) is 24.0 Å². The molecule has 2 aliphatic rings. The van der Waals surface area contributed by atoms with Crippen molar-refractivity contribution in [3.05, 3.63) is 69.7 Å². The Bertz CT molecular complexity index is 929. The number of hydrogen-bond donors (Lipinski definition) is 0. The fraction of sp³-hybridized carbons (Fsp3) is 0.391. The van der Waals surface area contributed by atoms with Crippen LogP contribution in [0.25, 0.3) is 0 Å². The molecular weight excluding hydrogens is 425 g/mol. The van der Waals surface area contributed by atoms with Crippen molar-refractivity contribution in [2.75, 3.05) is 13.2 Å². The molecule has 1 unspecified atom stereocenters. The monoisotopic (exact) mass is 447 g/mol. The van der Waals surface area contributed by atoms with Gasteiger partial charge in [-0.05, 0) is 61.1 Å². The van der Waals surface area contributed by atoms with E-state index >= 15 is 0 Å². The number of nitrogens with zero attached hydrogens (tertiary/aromatic N) is 1. The van der Waals surface area contributed by atoms with Crippen LogP contribution >= 0.6 is 23.2 Å².